The van der Waals surface area contributed by atoms with Gasteiger partial charge in [-0.05, 0) is 33.6 Å². The Morgan fingerprint density at radius 1 is 1.00 bits per heavy atom. The number of aryl methyl sites for hydroxylation is 2. The third kappa shape index (κ3) is 8.42. The predicted octanol–water partition coefficient (Wildman–Crippen LogP) is 7.07. The Kier molecular flexibility index (Phi) is 9.68. The molecule has 159 valence electrons. The van der Waals surface area contributed by atoms with Crippen molar-refractivity contribution in [2.24, 2.45) is 0 Å². The molecule has 0 N–H and O–H groups in total. The number of ether oxygens (including phenoxy) is 1. The molecule has 0 saturated carbocycles. The summed E-state index contributed by atoms with van der Waals surface area (Å²) in [5.41, 5.74) is 7.12. The van der Waals surface area contributed by atoms with Crippen molar-refractivity contribution in [2.75, 3.05) is 0 Å². The van der Waals surface area contributed by atoms with Crippen LogP contribution in [0.1, 0.15) is 90.7 Å². The first-order chi connectivity index (χ1) is 13.7. The minimum absolute atomic E-state index is 0.0297. The Bertz CT molecular complexity index is 780. The van der Waals surface area contributed by atoms with Crippen molar-refractivity contribution in [3.63, 3.8) is 0 Å². The summed E-state index contributed by atoms with van der Waals surface area (Å²) in [4.78, 5) is 0. The van der Waals surface area contributed by atoms with E-state index in [1.165, 1.54) is 75.4 Å². The molecule has 2 heteroatoms. The van der Waals surface area contributed by atoms with Crippen LogP contribution in [0.5, 0.6) is 5.75 Å². The van der Waals surface area contributed by atoms with Crippen molar-refractivity contribution in [1.29, 1.82) is 0 Å². The second kappa shape index (κ2) is 11.5. The van der Waals surface area contributed by atoms with Crippen LogP contribution in [-0.2, 0) is 6.42 Å². The molecule has 29 heavy (non-hydrogen) atoms. The van der Waals surface area contributed by atoms with Crippen LogP contribution < -0.4 is 7.96 Å². The zero-order valence-corrected chi connectivity index (χ0v) is 22.5. The molecule has 0 bridgehead atoms. The maximum absolute atomic E-state index is 6.52. The van der Waals surface area contributed by atoms with E-state index in [0.717, 1.165) is 37.9 Å². The number of rotatable bonds is 9. The predicted molar refractivity (Wildman–Crippen MR) is 129 cm³/mol. The number of benzene rings is 1. The molecular formula is C27H39OPo. The molecule has 0 saturated heterocycles. The van der Waals surface area contributed by atoms with Gasteiger partial charge >= 0.3 is 139 Å². The molecule has 0 fully saturated rings. The zero-order valence-electron chi connectivity index (χ0n) is 19.4. The van der Waals surface area contributed by atoms with E-state index in [4.69, 9.17) is 4.74 Å². The van der Waals surface area contributed by atoms with Gasteiger partial charge in [0.25, 0.3) is 0 Å². The molecule has 1 heterocycles. The Morgan fingerprint density at radius 2 is 1.62 bits per heavy atom. The molecule has 1 aromatic carbocycles. The van der Waals surface area contributed by atoms with Gasteiger partial charge in [0.1, 0.15) is 0 Å². The fourth-order valence-corrected chi connectivity index (χ4v) is 5.22. The number of hydrogen-bond donors (Lipinski definition) is 0. The summed E-state index contributed by atoms with van der Waals surface area (Å²) in [6.07, 6.45) is 16.3. The van der Waals surface area contributed by atoms with Gasteiger partial charge in [0.05, 0.1) is 0 Å². The van der Waals surface area contributed by atoms with E-state index < -0.39 is 0 Å². The average Bonchev–Trinajstić information content (AvgIpc) is 2.62. The summed E-state index contributed by atoms with van der Waals surface area (Å²) in [5.74, 6) is 1.15. The zero-order chi connectivity index (χ0) is 21.4. The van der Waals surface area contributed by atoms with Crippen LogP contribution >= 0.6 is 0 Å². The van der Waals surface area contributed by atoms with Crippen molar-refractivity contribution >= 4 is 28.3 Å². The first-order valence-corrected chi connectivity index (χ1v) is 12.7. The van der Waals surface area contributed by atoms with Crippen LogP contribution in [0.4, 0.5) is 0 Å². The third-order valence-electron chi connectivity index (χ3n) is 5.89. The van der Waals surface area contributed by atoms with Crippen LogP contribution in [-0.4, -0.2) is 30.7 Å². The van der Waals surface area contributed by atoms with Gasteiger partial charge in [-0.2, -0.15) is 0 Å². The van der Waals surface area contributed by atoms with Crippen LogP contribution in [0.2, 0.25) is 0 Å². The van der Waals surface area contributed by atoms with E-state index in [2.05, 4.69) is 71.9 Å². The van der Waals surface area contributed by atoms with Gasteiger partial charge < -0.3 is 0 Å². The second-order valence-corrected chi connectivity index (χ2v) is 11.1. The van der Waals surface area contributed by atoms with E-state index >= 15 is 0 Å². The molecule has 0 unspecified atom stereocenters. The quantitative estimate of drug-likeness (QED) is 0.281. The van der Waals surface area contributed by atoms with Crippen molar-refractivity contribution < 1.29 is 4.74 Å². The molecule has 0 spiro atoms. The van der Waals surface area contributed by atoms with E-state index in [1.54, 1.807) is 0 Å². The van der Waals surface area contributed by atoms with E-state index in [-0.39, 0.29) is 5.60 Å². The van der Waals surface area contributed by atoms with Crippen molar-refractivity contribution in [3.8, 4) is 5.75 Å². The Balaban J connectivity index is 1.79. The molecular weight excluding hydrogens is 549 g/mol. The molecule has 1 nitrogen and oxygen atoms in total. The van der Waals surface area contributed by atoms with Gasteiger partial charge in [-0.3, -0.25) is 0 Å². The molecule has 1 aliphatic heterocycles. The number of allylic oxidation sites excluding steroid dienone is 6. The number of hydrogen-bond acceptors (Lipinski definition) is 1. The Morgan fingerprint density at radius 3 is 2.28 bits per heavy atom. The van der Waals surface area contributed by atoms with Crippen molar-refractivity contribution in [1.82, 2.24) is 0 Å². The Labute approximate surface area is 194 Å². The average molecular weight is 589 g/mol. The summed E-state index contributed by atoms with van der Waals surface area (Å²) in [6.45, 7) is 13.4. The second-order valence-electron chi connectivity index (χ2n) is 9.28. The normalized spacial score (nSPS) is 19.5. The van der Waals surface area contributed by atoms with Gasteiger partial charge in [-0.15, -0.1) is 0 Å². The molecule has 1 aromatic rings. The third-order valence-corrected chi connectivity index (χ3v) is 6.80. The minimum atomic E-state index is -0.0297. The summed E-state index contributed by atoms with van der Waals surface area (Å²) < 4.78 is 7.94. The first kappa shape index (κ1) is 24.4. The topological polar surface area (TPSA) is 9.23 Å². The molecule has 0 amide bonds. The molecule has 2 rings (SSSR count). The van der Waals surface area contributed by atoms with Crippen LogP contribution in [0.3, 0.4) is 0 Å². The molecule has 1 atom stereocenters. The number of fused-ring (bicyclic) bond motifs is 1. The van der Waals surface area contributed by atoms with Crippen molar-refractivity contribution in [3.05, 3.63) is 58.2 Å². The molecule has 1 aliphatic rings. The summed E-state index contributed by atoms with van der Waals surface area (Å²) >= 11 is 1.54. The summed E-state index contributed by atoms with van der Waals surface area (Å²) in [6, 6.07) is 4.61. The van der Waals surface area contributed by atoms with Gasteiger partial charge in [0, 0.05) is 0 Å². The summed E-state index contributed by atoms with van der Waals surface area (Å²) in [7, 11) is 0. The standard InChI is InChI=1S/C27H39O.Po/c1-21(2)11-7-12-22(3)13-8-14-23(4)15-10-19-27(6)20-18-25-17-9-16-24(5)26(25)28-27;/h11,13,15-17H,7-8,10,12,14,18-20H2,1-6H3;/b22-13+,23-15+;/t27-;/m1./s1. The van der Waals surface area contributed by atoms with Crippen LogP contribution in [0, 0.1) is 6.92 Å². The van der Waals surface area contributed by atoms with Crippen LogP contribution in [0.15, 0.2) is 47.1 Å². The summed E-state index contributed by atoms with van der Waals surface area (Å²) in [5, 5.41) is 0. The fourth-order valence-electron chi connectivity index (χ4n) is 3.98. The van der Waals surface area contributed by atoms with E-state index in [0.29, 0.717) is 0 Å². The fraction of sp³-hybridized carbons (Fsp3) is 0.556. The van der Waals surface area contributed by atoms with E-state index in [1.807, 2.05) is 0 Å². The molecule has 1 radical (unpaired) electrons. The van der Waals surface area contributed by atoms with Crippen LogP contribution in [0.25, 0.3) is 0 Å². The van der Waals surface area contributed by atoms with E-state index in [9.17, 15) is 0 Å². The first-order valence-electron chi connectivity index (χ1n) is 11.1. The van der Waals surface area contributed by atoms with Gasteiger partial charge in [-0.25, -0.2) is 0 Å². The SMILES string of the molecule is CC(C)=CCC/C(C)=C/CC/C(C)=C/CC[C@]1(C)CCc2c[c]([Po])cc(C)c2O1. The molecule has 0 aliphatic carbocycles. The monoisotopic (exact) mass is 588 g/mol. The van der Waals surface area contributed by atoms with Gasteiger partial charge in [0.15, 0.2) is 0 Å². The molecule has 0 aromatic heterocycles. The van der Waals surface area contributed by atoms with Gasteiger partial charge in [-0.1, -0.05) is 23.3 Å². The van der Waals surface area contributed by atoms with Gasteiger partial charge in [0.2, 0.25) is 0 Å². The van der Waals surface area contributed by atoms with Crippen molar-refractivity contribution in [2.45, 2.75) is 98.5 Å². The Hall–Kier alpha value is -0.864. The maximum atomic E-state index is 6.52.